The van der Waals surface area contributed by atoms with Crippen LogP contribution in [0, 0.1) is 5.95 Å². The van der Waals surface area contributed by atoms with Crippen LogP contribution < -0.4 is 5.32 Å². The number of nitrogens with one attached hydrogen (secondary N) is 2. The number of imidazole rings is 1. The summed E-state index contributed by atoms with van der Waals surface area (Å²) in [7, 11) is 0. The van der Waals surface area contributed by atoms with Crippen LogP contribution in [0.5, 0.6) is 0 Å². The SMILES string of the molecule is CC(C)(C)OC(=O)NC(Cc1[nH]cnc1F)C(=O)O. The maximum Gasteiger partial charge on any atom is 0.408 e. The molecule has 1 amide bonds. The highest BCUT2D eigenvalue weighted by Crippen LogP contribution is 2.08. The Kier molecular flexibility index (Phi) is 4.47. The number of alkyl carbamates (subject to hydrolysis) is 1. The molecular weight excluding hydrogens is 257 g/mol. The number of carbonyl (C=O) groups is 2. The van der Waals surface area contributed by atoms with Crippen molar-refractivity contribution in [3.05, 3.63) is 18.0 Å². The highest BCUT2D eigenvalue weighted by atomic mass is 19.1. The van der Waals surface area contributed by atoms with Crippen LogP contribution in [0.4, 0.5) is 9.18 Å². The standard InChI is InChI=1S/C11H16FN3O4/c1-11(2,3)19-10(18)15-7(9(16)17)4-6-8(12)14-5-13-6/h5,7H,4H2,1-3H3,(H,13,14)(H,15,18)(H,16,17). The zero-order chi connectivity index (χ0) is 14.6. The molecule has 1 aromatic rings. The normalized spacial score (nSPS) is 12.8. The fourth-order valence-corrected chi connectivity index (χ4v) is 1.30. The molecule has 0 spiro atoms. The minimum atomic E-state index is -1.30. The second-order valence-electron chi connectivity index (χ2n) is 4.91. The number of amides is 1. The highest BCUT2D eigenvalue weighted by molar-refractivity contribution is 5.80. The van der Waals surface area contributed by atoms with Crippen molar-refractivity contribution in [2.75, 3.05) is 0 Å². The van der Waals surface area contributed by atoms with Gasteiger partial charge in [0.05, 0.1) is 12.0 Å². The average Bonchev–Trinajstić information content (AvgIpc) is 2.60. The van der Waals surface area contributed by atoms with Crippen LogP contribution in [0.1, 0.15) is 26.5 Å². The van der Waals surface area contributed by atoms with Gasteiger partial charge in [-0.25, -0.2) is 14.6 Å². The number of halogens is 1. The molecule has 19 heavy (non-hydrogen) atoms. The first kappa shape index (κ1) is 14.9. The Morgan fingerprint density at radius 1 is 1.58 bits per heavy atom. The summed E-state index contributed by atoms with van der Waals surface area (Å²) >= 11 is 0. The third kappa shape index (κ3) is 4.94. The summed E-state index contributed by atoms with van der Waals surface area (Å²) in [6, 6.07) is -1.30. The largest absolute Gasteiger partial charge is 0.480 e. The predicted molar refractivity (Wildman–Crippen MR) is 63.0 cm³/mol. The molecule has 0 saturated heterocycles. The first-order valence-electron chi connectivity index (χ1n) is 5.59. The molecule has 0 radical (unpaired) electrons. The van der Waals surface area contributed by atoms with Gasteiger partial charge >= 0.3 is 12.1 Å². The Balaban J connectivity index is 2.67. The van der Waals surface area contributed by atoms with Crippen molar-refractivity contribution in [1.29, 1.82) is 0 Å². The minimum absolute atomic E-state index is 0.00320. The van der Waals surface area contributed by atoms with Gasteiger partial charge in [-0.1, -0.05) is 0 Å². The van der Waals surface area contributed by atoms with E-state index in [-0.39, 0.29) is 12.1 Å². The van der Waals surface area contributed by atoms with Crippen molar-refractivity contribution >= 4 is 12.1 Å². The van der Waals surface area contributed by atoms with Gasteiger partial charge in [-0.2, -0.15) is 4.39 Å². The number of H-pyrrole nitrogens is 1. The maximum absolute atomic E-state index is 13.1. The summed E-state index contributed by atoms with van der Waals surface area (Å²) in [6.45, 7) is 4.95. The molecule has 1 heterocycles. The number of ether oxygens (including phenoxy) is 1. The van der Waals surface area contributed by atoms with E-state index in [1.165, 1.54) is 0 Å². The van der Waals surface area contributed by atoms with Crippen LogP contribution in [-0.4, -0.2) is 38.8 Å². The van der Waals surface area contributed by atoms with Crippen molar-refractivity contribution in [3.8, 4) is 0 Å². The lowest BCUT2D eigenvalue weighted by atomic mass is 10.1. The van der Waals surface area contributed by atoms with E-state index in [0.717, 1.165) is 6.33 Å². The van der Waals surface area contributed by atoms with Crippen LogP contribution in [0.15, 0.2) is 6.33 Å². The molecule has 1 aromatic heterocycles. The van der Waals surface area contributed by atoms with Gasteiger partial charge in [-0.3, -0.25) is 0 Å². The van der Waals surface area contributed by atoms with Gasteiger partial charge in [0.15, 0.2) is 0 Å². The number of carboxylic acids is 1. The van der Waals surface area contributed by atoms with Crippen LogP contribution in [0.3, 0.4) is 0 Å². The fourth-order valence-electron chi connectivity index (χ4n) is 1.30. The van der Waals surface area contributed by atoms with Gasteiger partial charge < -0.3 is 20.1 Å². The molecule has 1 atom stereocenters. The van der Waals surface area contributed by atoms with E-state index in [1.807, 2.05) is 0 Å². The molecule has 0 fully saturated rings. The lowest BCUT2D eigenvalue weighted by molar-refractivity contribution is -0.139. The summed E-state index contributed by atoms with van der Waals surface area (Å²) < 4.78 is 18.0. The van der Waals surface area contributed by atoms with E-state index in [0.29, 0.717) is 0 Å². The number of aromatic nitrogens is 2. The van der Waals surface area contributed by atoms with E-state index in [4.69, 9.17) is 9.84 Å². The second kappa shape index (κ2) is 5.68. The molecule has 0 aliphatic carbocycles. The Hall–Kier alpha value is -2.12. The molecule has 1 rings (SSSR count). The van der Waals surface area contributed by atoms with E-state index in [9.17, 15) is 14.0 Å². The van der Waals surface area contributed by atoms with Gasteiger partial charge in [-0.05, 0) is 20.8 Å². The molecule has 0 saturated carbocycles. The molecule has 106 valence electrons. The molecule has 1 unspecified atom stereocenters. The summed E-state index contributed by atoms with van der Waals surface area (Å²) in [6.07, 6.45) is -0.0166. The molecule has 0 aliphatic heterocycles. The summed E-state index contributed by atoms with van der Waals surface area (Å²) in [5.74, 6) is -2.09. The molecule has 8 heteroatoms. The molecular formula is C11H16FN3O4. The Morgan fingerprint density at radius 2 is 2.21 bits per heavy atom. The van der Waals surface area contributed by atoms with Crippen LogP contribution in [0.2, 0.25) is 0 Å². The number of carboxylic acid groups (broad SMARTS) is 1. The Labute approximate surface area is 109 Å². The van der Waals surface area contributed by atoms with Gasteiger partial charge in [0, 0.05) is 6.42 Å². The Bertz CT molecular complexity index is 467. The molecule has 0 aromatic carbocycles. The monoisotopic (exact) mass is 273 g/mol. The van der Waals surface area contributed by atoms with Gasteiger partial charge in [-0.15, -0.1) is 0 Å². The summed E-state index contributed by atoms with van der Waals surface area (Å²) in [4.78, 5) is 28.3. The zero-order valence-corrected chi connectivity index (χ0v) is 10.9. The van der Waals surface area contributed by atoms with Crippen molar-refractivity contribution in [3.63, 3.8) is 0 Å². The van der Waals surface area contributed by atoms with E-state index < -0.39 is 29.7 Å². The average molecular weight is 273 g/mol. The minimum Gasteiger partial charge on any atom is -0.480 e. The lowest BCUT2D eigenvalue weighted by Gasteiger charge is -2.21. The first-order chi connectivity index (χ1) is 8.69. The van der Waals surface area contributed by atoms with E-state index in [1.54, 1.807) is 20.8 Å². The lowest BCUT2D eigenvalue weighted by Crippen LogP contribution is -2.44. The van der Waals surface area contributed by atoms with Crippen LogP contribution >= 0.6 is 0 Å². The third-order valence-electron chi connectivity index (χ3n) is 2.06. The Morgan fingerprint density at radius 3 is 2.63 bits per heavy atom. The van der Waals surface area contributed by atoms with Gasteiger partial charge in [0.2, 0.25) is 5.95 Å². The first-order valence-corrected chi connectivity index (χ1v) is 5.59. The van der Waals surface area contributed by atoms with Gasteiger partial charge in [0.1, 0.15) is 11.6 Å². The highest BCUT2D eigenvalue weighted by Gasteiger charge is 2.25. The number of hydrogen-bond donors (Lipinski definition) is 3. The number of aliphatic carboxylic acids is 1. The predicted octanol–water partition coefficient (Wildman–Crippen LogP) is 1.07. The fraction of sp³-hybridized carbons (Fsp3) is 0.545. The number of rotatable bonds is 4. The van der Waals surface area contributed by atoms with E-state index >= 15 is 0 Å². The molecule has 0 bridgehead atoms. The smallest absolute Gasteiger partial charge is 0.408 e. The van der Waals surface area contributed by atoms with Crippen LogP contribution in [0.25, 0.3) is 0 Å². The van der Waals surface area contributed by atoms with Crippen molar-refractivity contribution in [2.45, 2.75) is 38.8 Å². The molecule has 7 nitrogen and oxygen atoms in total. The second-order valence-corrected chi connectivity index (χ2v) is 4.91. The van der Waals surface area contributed by atoms with Crippen molar-refractivity contribution < 1.29 is 23.8 Å². The quantitative estimate of drug-likeness (QED) is 0.761. The number of nitrogens with zero attached hydrogens (tertiary/aromatic N) is 1. The molecule has 3 N–H and O–H groups in total. The number of carbonyl (C=O) groups excluding carboxylic acids is 1. The number of aromatic amines is 1. The van der Waals surface area contributed by atoms with Gasteiger partial charge in [0.25, 0.3) is 0 Å². The third-order valence-corrected chi connectivity index (χ3v) is 2.06. The maximum atomic E-state index is 13.1. The van der Waals surface area contributed by atoms with Crippen molar-refractivity contribution in [1.82, 2.24) is 15.3 Å². The zero-order valence-electron chi connectivity index (χ0n) is 10.9. The summed E-state index contributed by atoms with van der Waals surface area (Å²) in [5.41, 5.74) is -0.740. The van der Waals surface area contributed by atoms with E-state index in [2.05, 4.69) is 15.3 Å². The number of hydrogen-bond acceptors (Lipinski definition) is 4. The molecule has 0 aliphatic rings. The summed E-state index contributed by atoms with van der Waals surface area (Å²) in [5, 5.41) is 11.1. The topological polar surface area (TPSA) is 104 Å². The van der Waals surface area contributed by atoms with Crippen molar-refractivity contribution in [2.24, 2.45) is 0 Å². The van der Waals surface area contributed by atoms with Crippen LogP contribution in [-0.2, 0) is 16.0 Å².